The van der Waals surface area contributed by atoms with Gasteiger partial charge in [0.1, 0.15) is 0 Å². The van der Waals surface area contributed by atoms with Gasteiger partial charge < -0.3 is 15.5 Å². The Morgan fingerprint density at radius 1 is 1.29 bits per heavy atom. The smallest absolute Gasteiger partial charge is 0.160 e. The quantitative estimate of drug-likeness (QED) is 0.676. The van der Waals surface area contributed by atoms with Gasteiger partial charge in [0.2, 0.25) is 0 Å². The average molecular weight is 203 g/mol. The van der Waals surface area contributed by atoms with E-state index in [1.807, 2.05) is 0 Å². The van der Waals surface area contributed by atoms with E-state index in [0.717, 1.165) is 12.1 Å². The van der Waals surface area contributed by atoms with E-state index in [0.29, 0.717) is 5.69 Å². The SMILES string of the molecule is OC[C@@H](O)CNc1ccc(F)c(F)c1. The molecule has 0 aliphatic rings. The number of hydrogen-bond donors (Lipinski definition) is 3. The maximum absolute atomic E-state index is 12.7. The summed E-state index contributed by atoms with van der Waals surface area (Å²) in [6.45, 7) is -0.293. The summed E-state index contributed by atoms with van der Waals surface area (Å²) in [7, 11) is 0. The largest absolute Gasteiger partial charge is 0.394 e. The van der Waals surface area contributed by atoms with E-state index >= 15 is 0 Å². The average Bonchev–Trinajstić information content (AvgIpc) is 2.19. The third-order valence-corrected chi connectivity index (χ3v) is 1.67. The van der Waals surface area contributed by atoms with Gasteiger partial charge in [-0.25, -0.2) is 8.78 Å². The monoisotopic (exact) mass is 203 g/mol. The van der Waals surface area contributed by atoms with Crippen molar-refractivity contribution in [1.29, 1.82) is 0 Å². The minimum absolute atomic E-state index is 0.0849. The van der Waals surface area contributed by atoms with Crippen molar-refractivity contribution in [3.8, 4) is 0 Å². The standard InChI is InChI=1S/C9H11F2NO2/c10-8-2-1-6(3-9(8)11)12-4-7(14)5-13/h1-3,7,12-14H,4-5H2/t7-/m0/s1. The summed E-state index contributed by atoms with van der Waals surface area (Å²) >= 11 is 0. The summed E-state index contributed by atoms with van der Waals surface area (Å²) in [6.07, 6.45) is -0.914. The molecule has 78 valence electrons. The first-order valence-corrected chi connectivity index (χ1v) is 4.11. The lowest BCUT2D eigenvalue weighted by molar-refractivity contribution is 0.105. The van der Waals surface area contributed by atoms with Crippen LogP contribution in [-0.4, -0.2) is 29.5 Å². The zero-order valence-electron chi connectivity index (χ0n) is 7.37. The fourth-order valence-corrected chi connectivity index (χ4v) is 0.906. The van der Waals surface area contributed by atoms with Crippen LogP contribution in [0.4, 0.5) is 14.5 Å². The molecule has 3 N–H and O–H groups in total. The third kappa shape index (κ3) is 2.93. The molecular formula is C9H11F2NO2. The molecule has 14 heavy (non-hydrogen) atoms. The number of rotatable bonds is 4. The van der Waals surface area contributed by atoms with Crippen LogP contribution in [0.5, 0.6) is 0 Å². The number of aliphatic hydroxyl groups is 2. The molecule has 0 radical (unpaired) electrons. The summed E-state index contributed by atoms with van der Waals surface area (Å²) in [5, 5.41) is 20.1. The predicted octanol–water partition coefficient (Wildman–Crippen LogP) is 0.730. The lowest BCUT2D eigenvalue weighted by Crippen LogP contribution is -2.22. The van der Waals surface area contributed by atoms with Gasteiger partial charge in [-0.05, 0) is 12.1 Å². The lowest BCUT2D eigenvalue weighted by Gasteiger charge is -2.09. The van der Waals surface area contributed by atoms with Gasteiger partial charge in [0, 0.05) is 18.3 Å². The summed E-state index contributed by atoms with van der Waals surface area (Å²) < 4.78 is 25.1. The number of benzene rings is 1. The number of anilines is 1. The first-order chi connectivity index (χ1) is 6.63. The molecule has 1 rings (SSSR count). The molecule has 0 amide bonds. The second-order valence-electron chi connectivity index (χ2n) is 2.85. The molecule has 0 saturated carbocycles. The zero-order valence-corrected chi connectivity index (χ0v) is 7.37. The molecular weight excluding hydrogens is 192 g/mol. The van der Waals surface area contributed by atoms with Crippen molar-refractivity contribution in [3.63, 3.8) is 0 Å². The van der Waals surface area contributed by atoms with Crippen molar-refractivity contribution in [2.75, 3.05) is 18.5 Å². The van der Waals surface area contributed by atoms with E-state index in [-0.39, 0.29) is 13.2 Å². The van der Waals surface area contributed by atoms with Gasteiger partial charge in [-0.1, -0.05) is 0 Å². The van der Waals surface area contributed by atoms with Crippen molar-refractivity contribution in [2.24, 2.45) is 0 Å². The summed E-state index contributed by atoms with van der Waals surface area (Å²) in [5.74, 6) is -1.87. The number of aliphatic hydroxyl groups excluding tert-OH is 2. The predicted molar refractivity (Wildman–Crippen MR) is 47.9 cm³/mol. The van der Waals surface area contributed by atoms with E-state index < -0.39 is 17.7 Å². The molecule has 0 fully saturated rings. The minimum atomic E-state index is -0.950. The van der Waals surface area contributed by atoms with Gasteiger partial charge in [-0.15, -0.1) is 0 Å². The molecule has 0 saturated heterocycles. The van der Waals surface area contributed by atoms with Crippen molar-refractivity contribution in [3.05, 3.63) is 29.8 Å². The Labute approximate surface area is 80.0 Å². The molecule has 0 bridgehead atoms. The van der Waals surface area contributed by atoms with Crippen molar-refractivity contribution in [2.45, 2.75) is 6.10 Å². The third-order valence-electron chi connectivity index (χ3n) is 1.67. The Bertz CT molecular complexity index is 307. The number of hydrogen-bond acceptors (Lipinski definition) is 3. The molecule has 5 heteroatoms. The lowest BCUT2D eigenvalue weighted by atomic mass is 10.3. The van der Waals surface area contributed by atoms with Crippen molar-refractivity contribution < 1.29 is 19.0 Å². The molecule has 0 spiro atoms. The van der Waals surface area contributed by atoms with E-state index in [1.165, 1.54) is 6.07 Å². The number of nitrogens with one attached hydrogen (secondary N) is 1. The highest BCUT2D eigenvalue weighted by molar-refractivity contribution is 5.43. The van der Waals surface area contributed by atoms with E-state index in [4.69, 9.17) is 10.2 Å². The van der Waals surface area contributed by atoms with Crippen LogP contribution in [0.25, 0.3) is 0 Å². The fraction of sp³-hybridized carbons (Fsp3) is 0.333. The van der Waals surface area contributed by atoms with Crippen molar-refractivity contribution >= 4 is 5.69 Å². The van der Waals surface area contributed by atoms with Crippen LogP contribution in [0.3, 0.4) is 0 Å². The van der Waals surface area contributed by atoms with Crippen LogP contribution in [0.15, 0.2) is 18.2 Å². The first kappa shape index (κ1) is 10.9. The second-order valence-corrected chi connectivity index (χ2v) is 2.85. The highest BCUT2D eigenvalue weighted by Crippen LogP contribution is 2.12. The summed E-state index contributed by atoms with van der Waals surface area (Å²) in [6, 6.07) is 3.32. The Hall–Kier alpha value is -1.20. The van der Waals surface area contributed by atoms with Crippen molar-refractivity contribution in [1.82, 2.24) is 0 Å². The van der Waals surface area contributed by atoms with Crippen LogP contribution < -0.4 is 5.32 Å². The van der Waals surface area contributed by atoms with Crippen LogP contribution in [-0.2, 0) is 0 Å². The second kappa shape index (κ2) is 4.88. The number of halogens is 2. The molecule has 0 aliphatic heterocycles. The molecule has 0 aromatic heterocycles. The highest BCUT2D eigenvalue weighted by Gasteiger charge is 2.04. The molecule has 0 aliphatic carbocycles. The topological polar surface area (TPSA) is 52.5 Å². The summed E-state index contributed by atoms with van der Waals surface area (Å²) in [5.41, 5.74) is 0.358. The van der Waals surface area contributed by atoms with E-state index in [1.54, 1.807) is 0 Å². The Kier molecular flexibility index (Phi) is 3.79. The molecule has 1 aromatic carbocycles. The fourth-order valence-electron chi connectivity index (χ4n) is 0.906. The van der Waals surface area contributed by atoms with Gasteiger partial charge in [0.25, 0.3) is 0 Å². The Morgan fingerprint density at radius 3 is 2.57 bits per heavy atom. The Morgan fingerprint density at radius 2 is 2.00 bits per heavy atom. The summed E-state index contributed by atoms with van der Waals surface area (Å²) in [4.78, 5) is 0. The van der Waals surface area contributed by atoms with Crippen LogP contribution in [0.1, 0.15) is 0 Å². The first-order valence-electron chi connectivity index (χ1n) is 4.11. The van der Waals surface area contributed by atoms with Gasteiger partial charge in [0.05, 0.1) is 12.7 Å². The van der Waals surface area contributed by atoms with Crippen LogP contribution in [0.2, 0.25) is 0 Å². The maximum atomic E-state index is 12.7. The Balaban J connectivity index is 2.55. The minimum Gasteiger partial charge on any atom is -0.394 e. The highest BCUT2D eigenvalue weighted by atomic mass is 19.2. The van der Waals surface area contributed by atoms with E-state index in [9.17, 15) is 8.78 Å². The molecule has 3 nitrogen and oxygen atoms in total. The van der Waals surface area contributed by atoms with Crippen LogP contribution in [0, 0.1) is 11.6 Å². The van der Waals surface area contributed by atoms with Gasteiger partial charge in [-0.3, -0.25) is 0 Å². The van der Waals surface area contributed by atoms with Gasteiger partial charge >= 0.3 is 0 Å². The zero-order chi connectivity index (χ0) is 10.6. The van der Waals surface area contributed by atoms with Gasteiger partial charge in [-0.2, -0.15) is 0 Å². The molecule has 0 unspecified atom stereocenters. The van der Waals surface area contributed by atoms with Crippen LogP contribution >= 0.6 is 0 Å². The normalized spacial score (nSPS) is 12.6. The van der Waals surface area contributed by atoms with E-state index in [2.05, 4.69) is 5.32 Å². The molecule has 1 atom stereocenters. The molecule has 1 aromatic rings. The molecule has 0 heterocycles. The van der Waals surface area contributed by atoms with Gasteiger partial charge in [0.15, 0.2) is 11.6 Å². The maximum Gasteiger partial charge on any atom is 0.160 e.